The van der Waals surface area contributed by atoms with Gasteiger partial charge in [-0.1, -0.05) is 41.4 Å². The first-order chi connectivity index (χ1) is 10.2. The molecule has 0 unspecified atom stereocenters. The first-order valence-electron chi connectivity index (χ1n) is 6.49. The number of nitrogens with zero attached hydrogens (tertiary/aromatic N) is 2. The molecule has 0 aliphatic carbocycles. The van der Waals surface area contributed by atoms with Crippen LogP contribution >= 0.6 is 23.2 Å². The minimum absolute atomic E-state index is 0.675. The number of anilines is 1. The van der Waals surface area contributed by atoms with Crippen molar-refractivity contribution in [1.29, 1.82) is 0 Å². The van der Waals surface area contributed by atoms with E-state index in [1.165, 1.54) is 0 Å². The van der Waals surface area contributed by atoms with Gasteiger partial charge in [-0.15, -0.1) is 0 Å². The number of benzene rings is 2. The van der Waals surface area contributed by atoms with E-state index in [0.717, 1.165) is 22.0 Å². The molecule has 3 rings (SSSR count). The first-order valence-corrected chi connectivity index (χ1v) is 7.25. The molecule has 3 aromatic rings. The van der Waals surface area contributed by atoms with E-state index < -0.39 is 0 Å². The number of halogens is 2. The van der Waals surface area contributed by atoms with E-state index in [-0.39, 0.29) is 0 Å². The molecule has 3 nitrogen and oxygen atoms in total. The monoisotopic (exact) mass is 317 g/mol. The SMILES string of the molecule is Clc1ccc(CNc2cccc(Cl)c2-n2ccnc2)cc1. The Kier molecular flexibility index (Phi) is 4.13. The zero-order valence-corrected chi connectivity index (χ0v) is 12.6. The van der Waals surface area contributed by atoms with Crippen LogP contribution in [-0.4, -0.2) is 9.55 Å². The summed E-state index contributed by atoms with van der Waals surface area (Å²) in [6.07, 6.45) is 5.33. The standard InChI is InChI=1S/C16H13Cl2N3/c17-13-6-4-12(5-7-13)10-20-15-3-1-2-14(18)16(15)21-9-8-19-11-21/h1-9,11,20H,10H2. The van der Waals surface area contributed by atoms with Gasteiger partial charge >= 0.3 is 0 Å². The molecule has 0 aliphatic heterocycles. The maximum absolute atomic E-state index is 6.32. The molecule has 5 heteroatoms. The fraction of sp³-hybridized carbons (Fsp3) is 0.0625. The van der Waals surface area contributed by atoms with Crippen LogP contribution in [0.25, 0.3) is 5.69 Å². The van der Waals surface area contributed by atoms with Gasteiger partial charge in [0.15, 0.2) is 0 Å². The smallest absolute Gasteiger partial charge is 0.0992 e. The summed E-state index contributed by atoms with van der Waals surface area (Å²) in [6, 6.07) is 13.5. The topological polar surface area (TPSA) is 29.9 Å². The van der Waals surface area contributed by atoms with Gasteiger partial charge in [-0.25, -0.2) is 4.98 Å². The minimum Gasteiger partial charge on any atom is -0.379 e. The van der Waals surface area contributed by atoms with Crippen LogP contribution < -0.4 is 5.32 Å². The van der Waals surface area contributed by atoms with Crippen molar-refractivity contribution in [2.75, 3.05) is 5.32 Å². The molecule has 0 bridgehead atoms. The second kappa shape index (κ2) is 6.20. The fourth-order valence-electron chi connectivity index (χ4n) is 2.11. The summed E-state index contributed by atoms with van der Waals surface area (Å²) < 4.78 is 1.90. The Bertz CT molecular complexity index is 722. The lowest BCUT2D eigenvalue weighted by molar-refractivity contribution is 1.04. The summed E-state index contributed by atoms with van der Waals surface area (Å²) in [5, 5.41) is 4.81. The van der Waals surface area contributed by atoms with E-state index >= 15 is 0 Å². The zero-order chi connectivity index (χ0) is 14.7. The third-order valence-electron chi connectivity index (χ3n) is 3.15. The van der Waals surface area contributed by atoms with E-state index in [4.69, 9.17) is 23.2 Å². The Morgan fingerprint density at radius 1 is 1.05 bits per heavy atom. The van der Waals surface area contributed by atoms with Gasteiger partial charge in [-0.05, 0) is 29.8 Å². The van der Waals surface area contributed by atoms with Crippen LogP contribution in [0.15, 0.2) is 61.2 Å². The Labute approximate surface area is 133 Å². The molecule has 0 amide bonds. The maximum Gasteiger partial charge on any atom is 0.0992 e. The molecule has 0 radical (unpaired) electrons. The van der Waals surface area contributed by atoms with Crippen molar-refractivity contribution >= 4 is 28.9 Å². The van der Waals surface area contributed by atoms with Crippen LogP contribution in [0, 0.1) is 0 Å². The van der Waals surface area contributed by atoms with Crippen molar-refractivity contribution < 1.29 is 0 Å². The van der Waals surface area contributed by atoms with Crippen LogP contribution in [0.4, 0.5) is 5.69 Å². The van der Waals surface area contributed by atoms with Gasteiger partial charge in [0.05, 0.1) is 22.7 Å². The molecule has 0 atom stereocenters. The predicted molar refractivity (Wildman–Crippen MR) is 87.4 cm³/mol. The molecule has 1 aromatic heterocycles. The lowest BCUT2D eigenvalue weighted by Crippen LogP contribution is -2.04. The molecular weight excluding hydrogens is 305 g/mol. The van der Waals surface area contributed by atoms with Gasteiger partial charge in [-0.3, -0.25) is 0 Å². The van der Waals surface area contributed by atoms with Crippen molar-refractivity contribution in [2.45, 2.75) is 6.54 Å². The molecule has 0 saturated heterocycles. The Morgan fingerprint density at radius 2 is 1.86 bits per heavy atom. The van der Waals surface area contributed by atoms with Gasteiger partial charge in [0.1, 0.15) is 0 Å². The van der Waals surface area contributed by atoms with Crippen molar-refractivity contribution in [3.63, 3.8) is 0 Å². The highest BCUT2D eigenvalue weighted by Crippen LogP contribution is 2.28. The van der Waals surface area contributed by atoms with Crippen molar-refractivity contribution in [3.05, 3.63) is 76.8 Å². The highest BCUT2D eigenvalue weighted by Gasteiger charge is 2.08. The number of hydrogen-bond acceptors (Lipinski definition) is 2. The summed E-state index contributed by atoms with van der Waals surface area (Å²) in [4.78, 5) is 4.07. The van der Waals surface area contributed by atoms with Crippen LogP contribution in [0.5, 0.6) is 0 Å². The molecular formula is C16H13Cl2N3. The Morgan fingerprint density at radius 3 is 2.57 bits per heavy atom. The number of imidazole rings is 1. The van der Waals surface area contributed by atoms with Crippen LogP contribution in [0.1, 0.15) is 5.56 Å². The van der Waals surface area contributed by atoms with E-state index in [2.05, 4.69) is 10.3 Å². The van der Waals surface area contributed by atoms with Crippen LogP contribution in [0.2, 0.25) is 10.0 Å². The summed E-state index contributed by atoms with van der Waals surface area (Å²) in [6.45, 7) is 0.694. The Hall–Kier alpha value is -1.97. The second-order valence-corrected chi connectivity index (χ2v) is 5.43. The van der Waals surface area contributed by atoms with Gasteiger partial charge in [0, 0.05) is 24.0 Å². The zero-order valence-electron chi connectivity index (χ0n) is 11.1. The van der Waals surface area contributed by atoms with Crippen molar-refractivity contribution in [2.24, 2.45) is 0 Å². The predicted octanol–water partition coefficient (Wildman–Crippen LogP) is 4.79. The van der Waals surface area contributed by atoms with Crippen molar-refractivity contribution in [1.82, 2.24) is 9.55 Å². The summed E-state index contributed by atoms with van der Waals surface area (Å²) in [7, 11) is 0. The van der Waals surface area contributed by atoms with Gasteiger partial charge in [0.2, 0.25) is 0 Å². The molecule has 106 valence electrons. The highest BCUT2D eigenvalue weighted by atomic mass is 35.5. The van der Waals surface area contributed by atoms with E-state index in [0.29, 0.717) is 11.6 Å². The van der Waals surface area contributed by atoms with Crippen LogP contribution in [0.3, 0.4) is 0 Å². The van der Waals surface area contributed by atoms with Gasteiger partial charge in [0.25, 0.3) is 0 Å². The fourth-order valence-corrected chi connectivity index (χ4v) is 2.51. The molecule has 2 aromatic carbocycles. The molecule has 21 heavy (non-hydrogen) atoms. The molecule has 0 saturated carbocycles. The van der Waals surface area contributed by atoms with Gasteiger partial charge in [-0.2, -0.15) is 0 Å². The molecule has 0 fully saturated rings. The van der Waals surface area contributed by atoms with E-state index in [1.54, 1.807) is 12.5 Å². The maximum atomic E-state index is 6.32. The Balaban J connectivity index is 1.86. The second-order valence-electron chi connectivity index (χ2n) is 4.59. The molecule has 1 heterocycles. The lowest BCUT2D eigenvalue weighted by Gasteiger charge is -2.14. The number of para-hydroxylation sites is 1. The quantitative estimate of drug-likeness (QED) is 0.749. The average molecular weight is 318 g/mol. The van der Waals surface area contributed by atoms with Crippen LogP contribution in [-0.2, 0) is 6.54 Å². The van der Waals surface area contributed by atoms with Gasteiger partial charge < -0.3 is 9.88 Å². The minimum atomic E-state index is 0.675. The van der Waals surface area contributed by atoms with Crippen molar-refractivity contribution in [3.8, 4) is 5.69 Å². The third kappa shape index (κ3) is 3.20. The summed E-state index contributed by atoms with van der Waals surface area (Å²) >= 11 is 12.2. The van der Waals surface area contributed by atoms with E-state index in [9.17, 15) is 0 Å². The highest BCUT2D eigenvalue weighted by molar-refractivity contribution is 6.33. The molecule has 1 N–H and O–H groups in total. The first kappa shape index (κ1) is 14.0. The largest absolute Gasteiger partial charge is 0.379 e. The van der Waals surface area contributed by atoms with E-state index in [1.807, 2.05) is 53.2 Å². The third-order valence-corrected chi connectivity index (χ3v) is 3.70. The number of nitrogens with one attached hydrogen (secondary N) is 1. The molecule has 0 aliphatic rings. The average Bonchev–Trinajstić information content (AvgIpc) is 3.00. The molecule has 0 spiro atoms. The normalized spacial score (nSPS) is 10.6. The summed E-state index contributed by atoms with van der Waals surface area (Å²) in [5.41, 5.74) is 3.00. The lowest BCUT2D eigenvalue weighted by atomic mass is 10.2. The summed E-state index contributed by atoms with van der Waals surface area (Å²) in [5.74, 6) is 0. The number of hydrogen-bond donors (Lipinski definition) is 1. The number of aromatic nitrogens is 2. The number of rotatable bonds is 4.